The molecule has 3 N–H and O–H groups in total. The van der Waals surface area contributed by atoms with Crippen LogP contribution >= 0.6 is 0 Å². The van der Waals surface area contributed by atoms with Gasteiger partial charge in [0.1, 0.15) is 5.41 Å². The number of nitrogens with two attached hydrogens (primary N) is 1. The van der Waals surface area contributed by atoms with Gasteiger partial charge >= 0.3 is 0 Å². The zero-order valence-corrected chi connectivity index (χ0v) is 12.5. The Balaban J connectivity index is 2.21. The van der Waals surface area contributed by atoms with E-state index in [-0.39, 0.29) is 11.7 Å². The number of hydrogen-bond acceptors (Lipinski definition) is 4. The first-order valence-electron chi connectivity index (χ1n) is 7.22. The SMILES string of the molecule is NC(=NO)C1(C(=O)N2CCS(=O)CC2)CCCCCC1. The summed E-state index contributed by atoms with van der Waals surface area (Å²) in [6.45, 7) is 1.01. The smallest absolute Gasteiger partial charge is 0.236 e. The van der Waals surface area contributed by atoms with Crippen LogP contribution in [0.4, 0.5) is 0 Å². The highest BCUT2D eigenvalue weighted by molar-refractivity contribution is 7.85. The van der Waals surface area contributed by atoms with Crippen molar-refractivity contribution in [3.63, 3.8) is 0 Å². The lowest BCUT2D eigenvalue weighted by molar-refractivity contribution is -0.138. The molecule has 2 rings (SSSR count). The third-order valence-corrected chi connectivity index (χ3v) is 5.71. The fourth-order valence-corrected chi connectivity index (χ4v) is 4.20. The molecular weight excluding hydrogens is 278 g/mol. The van der Waals surface area contributed by atoms with Crippen molar-refractivity contribution in [3.8, 4) is 0 Å². The molecule has 0 spiro atoms. The maximum Gasteiger partial charge on any atom is 0.236 e. The summed E-state index contributed by atoms with van der Waals surface area (Å²) in [6, 6.07) is 0. The highest BCUT2D eigenvalue weighted by Gasteiger charge is 2.45. The quantitative estimate of drug-likeness (QED) is 0.257. The van der Waals surface area contributed by atoms with E-state index in [1.807, 2.05) is 0 Å². The van der Waals surface area contributed by atoms with Crippen molar-refractivity contribution in [3.05, 3.63) is 0 Å². The summed E-state index contributed by atoms with van der Waals surface area (Å²) in [5, 5.41) is 12.2. The van der Waals surface area contributed by atoms with Crippen LogP contribution < -0.4 is 5.73 Å². The Morgan fingerprint density at radius 1 is 1.15 bits per heavy atom. The van der Waals surface area contributed by atoms with Crippen LogP contribution in [0.5, 0.6) is 0 Å². The van der Waals surface area contributed by atoms with Crippen LogP contribution in [0.2, 0.25) is 0 Å². The fourth-order valence-electron chi connectivity index (χ4n) is 3.15. The fraction of sp³-hybridized carbons (Fsp3) is 0.846. The number of rotatable bonds is 2. The Kier molecular flexibility index (Phi) is 5.01. The highest BCUT2D eigenvalue weighted by atomic mass is 32.2. The zero-order valence-electron chi connectivity index (χ0n) is 11.7. The summed E-state index contributed by atoms with van der Waals surface area (Å²) in [5.41, 5.74) is 5.02. The van der Waals surface area contributed by atoms with Gasteiger partial charge in [-0.2, -0.15) is 0 Å². The number of amidine groups is 1. The molecule has 0 atom stereocenters. The van der Waals surface area contributed by atoms with Crippen molar-refractivity contribution < 1.29 is 14.2 Å². The predicted octanol–water partition coefficient (Wildman–Crippen LogP) is 0.664. The Bertz CT molecular complexity index is 407. The maximum atomic E-state index is 12.9. The van der Waals surface area contributed by atoms with Gasteiger partial charge in [-0.1, -0.05) is 30.8 Å². The molecule has 0 aromatic heterocycles. The third kappa shape index (κ3) is 2.97. The lowest BCUT2D eigenvalue weighted by Gasteiger charge is -2.37. The van der Waals surface area contributed by atoms with Gasteiger partial charge in [0.15, 0.2) is 5.84 Å². The molecule has 0 radical (unpaired) electrons. The molecule has 0 aromatic rings. The van der Waals surface area contributed by atoms with Crippen molar-refractivity contribution in [2.24, 2.45) is 16.3 Å². The van der Waals surface area contributed by atoms with Gasteiger partial charge in [-0.3, -0.25) is 9.00 Å². The number of nitrogens with zero attached hydrogens (tertiary/aromatic N) is 2. The summed E-state index contributed by atoms with van der Waals surface area (Å²) >= 11 is 0. The first-order chi connectivity index (χ1) is 9.60. The van der Waals surface area contributed by atoms with Crippen LogP contribution in [0.25, 0.3) is 0 Å². The van der Waals surface area contributed by atoms with Gasteiger partial charge in [0.05, 0.1) is 0 Å². The van der Waals surface area contributed by atoms with Crippen molar-refractivity contribution in [1.29, 1.82) is 0 Å². The Morgan fingerprint density at radius 3 is 2.20 bits per heavy atom. The van der Waals surface area contributed by atoms with E-state index in [9.17, 15) is 9.00 Å². The summed E-state index contributed by atoms with van der Waals surface area (Å²) in [6.07, 6.45) is 5.28. The number of carbonyl (C=O) groups excluding carboxylic acids is 1. The standard InChI is InChI=1S/C13H23N3O3S/c14-11(15-18)13(5-3-1-2-4-6-13)12(17)16-7-9-20(19)10-8-16/h18H,1-10H2,(H2,14,15). The van der Waals surface area contributed by atoms with Crippen LogP contribution in [0.1, 0.15) is 38.5 Å². The first kappa shape index (κ1) is 15.3. The molecule has 7 heteroatoms. The van der Waals surface area contributed by atoms with Gasteiger partial charge < -0.3 is 15.8 Å². The topological polar surface area (TPSA) is 96.0 Å². The Hall–Kier alpha value is -1.11. The average molecular weight is 301 g/mol. The third-order valence-electron chi connectivity index (χ3n) is 4.43. The van der Waals surface area contributed by atoms with Gasteiger partial charge in [0.2, 0.25) is 5.91 Å². The van der Waals surface area contributed by atoms with E-state index in [1.54, 1.807) is 4.90 Å². The van der Waals surface area contributed by atoms with Gasteiger partial charge in [0.25, 0.3) is 0 Å². The minimum absolute atomic E-state index is 0.0381. The van der Waals surface area contributed by atoms with Crippen molar-refractivity contribution in [2.75, 3.05) is 24.6 Å². The minimum atomic E-state index is -0.857. The van der Waals surface area contributed by atoms with E-state index in [0.29, 0.717) is 37.4 Å². The van der Waals surface area contributed by atoms with Crippen LogP contribution in [0, 0.1) is 5.41 Å². The predicted molar refractivity (Wildman–Crippen MR) is 78.0 cm³/mol. The van der Waals surface area contributed by atoms with E-state index in [0.717, 1.165) is 25.7 Å². The second-order valence-electron chi connectivity index (χ2n) is 5.62. The molecule has 0 unspecified atom stereocenters. The second-order valence-corrected chi connectivity index (χ2v) is 7.32. The second kappa shape index (κ2) is 6.56. The molecule has 0 bridgehead atoms. The summed E-state index contributed by atoms with van der Waals surface area (Å²) in [5.74, 6) is 1.04. The van der Waals surface area contributed by atoms with Crippen LogP contribution in [-0.4, -0.2) is 50.7 Å². The van der Waals surface area contributed by atoms with E-state index in [2.05, 4.69) is 5.16 Å². The number of carbonyl (C=O) groups is 1. The van der Waals surface area contributed by atoms with Gasteiger partial charge in [-0.05, 0) is 12.8 Å². The Labute approximate surface area is 121 Å². The molecule has 1 heterocycles. The number of oxime groups is 1. The van der Waals surface area contributed by atoms with Crippen molar-refractivity contribution in [1.82, 2.24) is 4.90 Å². The molecule has 1 aliphatic heterocycles. The van der Waals surface area contributed by atoms with Gasteiger partial charge in [-0.15, -0.1) is 0 Å². The van der Waals surface area contributed by atoms with E-state index < -0.39 is 16.2 Å². The van der Waals surface area contributed by atoms with Crippen LogP contribution in [-0.2, 0) is 15.6 Å². The molecule has 1 saturated heterocycles. The molecule has 1 saturated carbocycles. The monoisotopic (exact) mass is 301 g/mol. The minimum Gasteiger partial charge on any atom is -0.409 e. The normalized spacial score (nSPS) is 25.2. The maximum absolute atomic E-state index is 12.9. The molecule has 1 aliphatic carbocycles. The molecule has 20 heavy (non-hydrogen) atoms. The summed E-state index contributed by atoms with van der Waals surface area (Å²) < 4.78 is 11.4. The molecular formula is C13H23N3O3S. The average Bonchev–Trinajstić information content (AvgIpc) is 2.73. The summed E-state index contributed by atoms with van der Waals surface area (Å²) in [4.78, 5) is 14.6. The lowest BCUT2D eigenvalue weighted by Crippen LogP contribution is -2.54. The van der Waals surface area contributed by atoms with E-state index >= 15 is 0 Å². The molecule has 114 valence electrons. The van der Waals surface area contributed by atoms with Crippen molar-refractivity contribution >= 4 is 22.5 Å². The molecule has 0 aromatic carbocycles. The van der Waals surface area contributed by atoms with Gasteiger partial charge in [-0.25, -0.2) is 0 Å². The first-order valence-corrected chi connectivity index (χ1v) is 8.71. The number of amides is 1. The Morgan fingerprint density at radius 2 is 1.70 bits per heavy atom. The van der Waals surface area contributed by atoms with E-state index in [4.69, 9.17) is 10.9 Å². The number of hydrogen-bond donors (Lipinski definition) is 2. The highest BCUT2D eigenvalue weighted by Crippen LogP contribution is 2.37. The zero-order chi connectivity index (χ0) is 14.6. The van der Waals surface area contributed by atoms with Crippen LogP contribution in [0.3, 0.4) is 0 Å². The van der Waals surface area contributed by atoms with Crippen molar-refractivity contribution in [2.45, 2.75) is 38.5 Å². The molecule has 6 nitrogen and oxygen atoms in total. The molecule has 1 amide bonds. The largest absolute Gasteiger partial charge is 0.409 e. The summed E-state index contributed by atoms with van der Waals surface area (Å²) in [7, 11) is -0.817. The van der Waals surface area contributed by atoms with E-state index in [1.165, 1.54) is 0 Å². The molecule has 2 aliphatic rings. The van der Waals surface area contributed by atoms with Crippen LogP contribution in [0.15, 0.2) is 5.16 Å². The lowest BCUT2D eigenvalue weighted by atomic mass is 9.77. The molecule has 2 fully saturated rings. The van der Waals surface area contributed by atoms with Gasteiger partial charge in [0, 0.05) is 35.4 Å².